The molecule has 3 aromatic rings. The van der Waals surface area contributed by atoms with Crippen molar-refractivity contribution in [1.29, 1.82) is 0 Å². The van der Waals surface area contributed by atoms with Gasteiger partial charge in [-0.3, -0.25) is 18.9 Å². The molecule has 2 aliphatic rings. The van der Waals surface area contributed by atoms with Gasteiger partial charge in [0, 0.05) is 23.1 Å². The number of carbonyl (C=O) groups excluding carboxylic acids is 2. The molecule has 0 aromatic carbocycles. The van der Waals surface area contributed by atoms with Crippen LogP contribution in [0.2, 0.25) is 0 Å². The van der Waals surface area contributed by atoms with Crippen molar-refractivity contribution in [3.05, 3.63) is 40.9 Å². The number of hydrogen-bond donors (Lipinski definition) is 3. The lowest BCUT2D eigenvalue weighted by Gasteiger charge is -2.49. The van der Waals surface area contributed by atoms with Crippen LogP contribution in [0, 0.1) is 0 Å². The Hall–Kier alpha value is -3.70. The number of carbonyl (C=O) groups is 3. The van der Waals surface area contributed by atoms with Crippen molar-refractivity contribution in [3.63, 3.8) is 0 Å². The van der Waals surface area contributed by atoms with Crippen LogP contribution in [0.15, 0.2) is 45.4 Å². The van der Waals surface area contributed by atoms with Gasteiger partial charge < -0.3 is 21.0 Å². The van der Waals surface area contributed by atoms with Crippen molar-refractivity contribution in [2.24, 2.45) is 5.16 Å². The Kier molecular flexibility index (Phi) is 6.50. The molecule has 5 heterocycles. The van der Waals surface area contributed by atoms with E-state index in [1.165, 1.54) is 41.9 Å². The van der Waals surface area contributed by atoms with Crippen LogP contribution in [0.4, 0.5) is 5.13 Å². The van der Waals surface area contributed by atoms with E-state index in [2.05, 4.69) is 30.6 Å². The summed E-state index contributed by atoms with van der Waals surface area (Å²) in [6, 6.07) is 0.845. The fraction of sp³-hybridized carbons (Fsp3) is 0.263. The normalized spacial score (nSPS) is 19.8. The molecule has 0 unspecified atom stereocenters. The highest BCUT2D eigenvalue weighted by Gasteiger charge is 2.54. The molecule has 1 saturated heterocycles. The van der Waals surface area contributed by atoms with Gasteiger partial charge in [-0.25, -0.2) is 14.8 Å². The Morgan fingerprint density at radius 1 is 1.42 bits per heavy atom. The number of nitrogens with zero attached hydrogens (tertiary/aromatic N) is 7. The zero-order valence-electron chi connectivity index (χ0n) is 18.4. The molecule has 2 amide bonds. The van der Waals surface area contributed by atoms with Crippen molar-refractivity contribution in [2.75, 3.05) is 24.3 Å². The summed E-state index contributed by atoms with van der Waals surface area (Å²) in [6.07, 6.45) is 3.29. The molecule has 4 N–H and O–H groups in total. The number of rotatable bonds is 8. The third-order valence-corrected chi connectivity index (χ3v) is 8.26. The summed E-state index contributed by atoms with van der Waals surface area (Å²) in [5, 5.41) is 25.8. The lowest BCUT2D eigenvalue weighted by Crippen LogP contribution is -2.71. The van der Waals surface area contributed by atoms with Crippen LogP contribution in [0.3, 0.4) is 0 Å². The van der Waals surface area contributed by atoms with Crippen LogP contribution in [0.5, 0.6) is 0 Å². The predicted molar refractivity (Wildman–Crippen MR) is 131 cm³/mol. The van der Waals surface area contributed by atoms with E-state index in [0.29, 0.717) is 27.9 Å². The fourth-order valence-corrected chi connectivity index (χ4v) is 6.53. The van der Waals surface area contributed by atoms with E-state index < -0.39 is 29.2 Å². The van der Waals surface area contributed by atoms with Gasteiger partial charge in [-0.05, 0) is 11.6 Å². The number of thioether (sulfide) groups is 2. The van der Waals surface area contributed by atoms with Crippen molar-refractivity contribution < 1.29 is 24.3 Å². The molecule has 0 saturated carbocycles. The second kappa shape index (κ2) is 9.75. The lowest BCUT2D eigenvalue weighted by molar-refractivity contribution is -0.150. The number of anilines is 1. The molecule has 2 aliphatic heterocycles. The first-order valence-corrected chi connectivity index (χ1v) is 13.1. The first-order valence-electron chi connectivity index (χ1n) is 10.2. The average molecular weight is 548 g/mol. The second-order valence-corrected chi connectivity index (χ2v) is 10.4. The smallest absolute Gasteiger partial charge is 0.352 e. The van der Waals surface area contributed by atoms with Crippen molar-refractivity contribution in [2.45, 2.75) is 16.4 Å². The van der Waals surface area contributed by atoms with E-state index in [4.69, 9.17) is 10.6 Å². The third kappa shape index (κ3) is 4.35. The van der Waals surface area contributed by atoms with Crippen molar-refractivity contribution in [3.8, 4) is 0 Å². The number of oxime groups is 1. The van der Waals surface area contributed by atoms with Crippen molar-refractivity contribution >= 4 is 69.3 Å². The number of fused-ring (bicyclic) bond motifs is 2. The predicted octanol–water partition coefficient (Wildman–Crippen LogP) is 0.0444. The maximum atomic E-state index is 13.0. The molecule has 186 valence electrons. The highest BCUT2D eigenvalue weighted by atomic mass is 32.2. The summed E-state index contributed by atoms with van der Waals surface area (Å²) in [5.74, 6) is -1.32. The molecule has 5 rings (SSSR count). The highest BCUT2D eigenvalue weighted by molar-refractivity contribution is 8.01. The van der Waals surface area contributed by atoms with Gasteiger partial charge in [0.1, 0.15) is 41.3 Å². The van der Waals surface area contributed by atoms with Gasteiger partial charge in [0.05, 0.1) is 0 Å². The number of amides is 2. The number of carboxylic acid groups (broad SMARTS) is 1. The molecule has 1 fully saturated rings. The first-order chi connectivity index (χ1) is 17.4. The number of nitrogen functional groups attached to an aromatic ring is 1. The Labute approximate surface area is 215 Å². The number of aromatic nitrogens is 5. The second-order valence-electron chi connectivity index (χ2n) is 7.40. The molecule has 0 radical (unpaired) electrons. The molecule has 17 heteroatoms. The zero-order valence-corrected chi connectivity index (χ0v) is 20.8. The number of hydrogen-bond acceptors (Lipinski definition) is 13. The van der Waals surface area contributed by atoms with E-state index in [0.717, 1.165) is 11.3 Å². The number of nitrogens with one attached hydrogen (secondary N) is 1. The van der Waals surface area contributed by atoms with E-state index >= 15 is 0 Å². The molecule has 0 aliphatic carbocycles. The fourth-order valence-electron chi connectivity index (χ4n) is 3.64. The van der Waals surface area contributed by atoms with E-state index in [-0.39, 0.29) is 22.2 Å². The maximum Gasteiger partial charge on any atom is 0.352 e. The zero-order chi connectivity index (χ0) is 25.4. The number of carboxylic acids is 1. The number of nitrogens with two attached hydrogens (primary N) is 1. The van der Waals surface area contributed by atoms with Gasteiger partial charge in [0.25, 0.3) is 17.6 Å². The van der Waals surface area contributed by atoms with Crippen LogP contribution in [0.1, 0.15) is 5.69 Å². The van der Waals surface area contributed by atoms with Crippen LogP contribution >= 0.6 is 34.9 Å². The number of β-lactam (4-membered cyclic amide) rings is 1. The van der Waals surface area contributed by atoms with Gasteiger partial charge in [-0.2, -0.15) is 0 Å². The van der Waals surface area contributed by atoms with Crippen molar-refractivity contribution in [1.82, 2.24) is 34.8 Å². The molecule has 3 aromatic heterocycles. The molecule has 2 atom stereocenters. The number of aliphatic carboxylic acids is 1. The molecule has 14 nitrogen and oxygen atoms in total. The van der Waals surface area contributed by atoms with E-state index in [1.54, 1.807) is 22.0 Å². The van der Waals surface area contributed by atoms with Gasteiger partial charge in [-0.1, -0.05) is 5.16 Å². The Morgan fingerprint density at radius 3 is 2.97 bits per heavy atom. The standard InChI is InChI=1S/C19H17N9O5S3/c1-33-26-11(9-6-36-18(20)22-9)14(29)24-12-15(30)28-13(17(31)32)8(5-35-16(12)28)4-34-10-2-3-27-7-21-25-19(27)23-10/h2-3,6-7,12,16H,4-5H2,1H3,(H2,20,22)(H,24,29)(H,31,32)/t12-,16-/m1/s1. The van der Waals surface area contributed by atoms with Gasteiger partial charge in [0.15, 0.2) is 10.8 Å². The van der Waals surface area contributed by atoms with Gasteiger partial charge in [-0.15, -0.1) is 45.1 Å². The summed E-state index contributed by atoms with van der Waals surface area (Å²) in [6.45, 7) is 0. The Balaban J connectivity index is 1.30. The molecule has 0 bridgehead atoms. The summed E-state index contributed by atoms with van der Waals surface area (Å²) in [4.78, 5) is 52.3. The molecular weight excluding hydrogens is 530 g/mol. The van der Waals surface area contributed by atoms with Gasteiger partial charge in [0.2, 0.25) is 0 Å². The summed E-state index contributed by atoms with van der Waals surface area (Å²) in [7, 11) is 1.28. The monoisotopic (exact) mass is 547 g/mol. The summed E-state index contributed by atoms with van der Waals surface area (Å²) < 4.78 is 1.66. The molecular formula is C19H17N9O5S3. The first kappa shape index (κ1) is 24.0. The van der Waals surface area contributed by atoms with E-state index in [1.807, 2.05) is 0 Å². The largest absolute Gasteiger partial charge is 0.477 e. The van der Waals surface area contributed by atoms with Crippen LogP contribution < -0.4 is 11.1 Å². The SMILES string of the molecule is CON=C(C(=O)N[C@@H]1C(=O)N2C(C(=O)O)=C(CSc3ccn4cnnc4n3)CS[C@H]12)c1csc(N)n1. The quantitative estimate of drug-likeness (QED) is 0.113. The lowest BCUT2D eigenvalue weighted by atomic mass is 10.0. The maximum absolute atomic E-state index is 13.0. The van der Waals surface area contributed by atoms with Gasteiger partial charge >= 0.3 is 5.97 Å². The molecule has 36 heavy (non-hydrogen) atoms. The van der Waals surface area contributed by atoms with E-state index in [9.17, 15) is 19.5 Å². The Morgan fingerprint density at radius 2 is 2.25 bits per heavy atom. The third-order valence-electron chi connectivity index (χ3n) is 5.23. The minimum absolute atomic E-state index is 0.0802. The van der Waals surface area contributed by atoms with Crippen LogP contribution in [0.25, 0.3) is 5.78 Å². The van der Waals surface area contributed by atoms with Crippen LogP contribution in [-0.2, 0) is 19.2 Å². The number of thiazole rings is 1. The van der Waals surface area contributed by atoms with Crippen LogP contribution in [-0.4, -0.2) is 88.1 Å². The Bertz CT molecular complexity index is 1430. The minimum Gasteiger partial charge on any atom is -0.477 e. The summed E-state index contributed by atoms with van der Waals surface area (Å²) >= 11 is 3.83. The topological polar surface area (TPSA) is 190 Å². The average Bonchev–Trinajstić information content (AvgIpc) is 3.51. The highest BCUT2D eigenvalue weighted by Crippen LogP contribution is 2.41. The molecule has 0 spiro atoms. The minimum atomic E-state index is -1.21. The summed E-state index contributed by atoms with van der Waals surface area (Å²) in [5.41, 5.74) is 6.21.